The molecule has 0 saturated heterocycles. The van der Waals surface area contributed by atoms with Crippen LogP contribution in [0.25, 0.3) is 0 Å². The maximum Gasteiger partial charge on any atom is 0.0569 e. The van der Waals surface area contributed by atoms with Gasteiger partial charge >= 0.3 is 0 Å². The summed E-state index contributed by atoms with van der Waals surface area (Å²) < 4.78 is 0. The second-order valence-corrected chi connectivity index (χ2v) is 5.03. The molecule has 1 heterocycles. The van der Waals surface area contributed by atoms with Crippen molar-refractivity contribution in [2.24, 2.45) is 5.73 Å². The SMILES string of the molecule is C[C@@H](N)c1ccc(SCc2ccccc2)cn1. The largest absolute Gasteiger partial charge is 0.323 e. The van der Waals surface area contributed by atoms with Crippen LogP contribution in [0.4, 0.5) is 0 Å². The maximum atomic E-state index is 5.76. The summed E-state index contributed by atoms with van der Waals surface area (Å²) in [4.78, 5) is 5.52. The van der Waals surface area contributed by atoms with Crippen molar-refractivity contribution in [1.29, 1.82) is 0 Å². The van der Waals surface area contributed by atoms with E-state index in [1.54, 1.807) is 11.8 Å². The Balaban J connectivity index is 1.96. The van der Waals surface area contributed by atoms with Gasteiger partial charge in [-0.15, -0.1) is 11.8 Å². The first-order valence-electron chi connectivity index (χ1n) is 5.64. The first-order chi connectivity index (χ1) is 8.25. The van der Waals surface area contributed by atoms with Crippen LogP contribution >= 0.6 is 11.8 Å². The molecular formula is C14H16N2S. The van der Waals surface area contributed by atoms with Crippen LogP contribution in [0, 0.1) is 0 Å². The fraction of sp³-hybridized carbons (Fsp3) is 0.214. The standard InChI is InChI=1S/C14H16N2S/c1-11(15)14-8-7-13(9-16-14)17-10-12-5-3-2-4-6-12/h2-9,11H,10,15H2,1H3/t11-/m1/s1. The van der Waals surface area contributed by atoms with E-state index < -0.39 is 0 Å². The molecule has 1 aromatic heterocycles. The van der Waals surface area contributed by atoms with Crippen LogP contribution < -0.4 is 5.73 Å². The first-order valence-corrected chi connectivity index (χ1v) is 6.62. The van der Waals surface area contributed by atoms with Crippen LogP contribution in [0.15, 0.2) is 53.6 Å². The van der Waals surface area contributed by atoms with E-state index in [0.717, 1.165) is 11.4 Å². The number of thioether (sulfide) groups is 1. The third-order valence-corrected chi connectivity index (χ3v) is 3.53. The number of nitrogens with zero attached hydrogens (tertiary/aromatic N) is 1. The summed E-state index contributed by atoms with van der Waals surface area (Å²) in [7, 11) is 0. The molecule has 2 N–H and O–H groups in total. The van der Waals surface area contributed by atoms with Gasteiger partial charge in [0, 0.05) is 22.9 Å². The van der Waals surface area contributed by atoms with Crippen molar-refractivity contribution >= 4 is 11.8 Å². The highest BCUT2D eigenvalue weighted by atomic mass is 32.2. The number of rotatable bonds is 4. The minimum atomic E-state index is 0.00294. The Hall–Kier alpha value is -1.32. The van der Waals surface area contributed by atoms with Gasteiger partial charge in [0.1, 0.15) is 0 Å². The van der Waals surface area contributed by atoms with E-state index in [0.29, 0.717) is 0 Å². The van der Waals surface area contributed by atoms with Crippen LogP contribution in [0.5, 0.6) is 0 Å². The Kier molecular flexibility index (Phi) is 4.18. The highest BCUT2D eigenvalue weighted by molar-refractivity contribution is 7.98. The molecule has 0 aliphatic rings. The van der Waals surface area contributed by atoms with E-state index in [-0.39, 0.29) is 6.04 Å². The number of benzene rings is 1. The van der Waals surface area contributed by atoms with E-state index in [1.807, 2.05) is 25.3 Å². The number of pyridine rings is 1. The van der Waals surface area contributed by atoms with E-state index in [4.69, 9.17) is 5.73 Å². The van der Waals surface area contributed by atoms with Crippen LogP contribution in [0.1, 0.15) is 24.2 Å². The summed E-state index contributed by atoms with van der Waals surface area (Å²) in [6, 6.07) is 14.5. The van der Waals surface area contributed by atoms with E-state index >= 15 is 0 Å². The third kappa shape index (κ3) is 3.58. The predicted molar refractivity (Wildman–Crippen MR) is 72.8 cm³/mol. The molecule has 17 heavy (non-hydrogen) atoms. The highest BCUT2D eigenvalue weighted by Gasteiger charge is 2.01. The molecule has 0 saturated carbocycles. The predicted octanol–water partition coefficient (Wildman–Crippen LogP) is 3.39. The molecule has 1 aromatic carbocycles. The van der Waals surface area contributed by atoms with Gasteiger partial charge in [0.05, 0.1) is 5.69 Å². The van der Waals surface area contributed by atoms with Crippen LogP contribution in [-0.4, -0.2) is 4.98 Å². The zero-order valence-electron chi connectivity index (χ0n) is 9.84. The monoisotopic (exact) mass is 244 g/mol. The van der Waals surface area contributed by atoms with Crippen molar-refractivity contribution < 1.29 is 0 Å². The molecular weight excluding hydrogens is 228 g/mol. The average molecular weight is 244 g/mol. The Morgan fingerprint density at radius 3 is 2.53 bits per heavy atom. The summed E-state index contributed by atoms with van der Waals surface area (Å²) in [5.41, 5.74) is 8.03. The topological polar surface area (TPSA) is 38.9 Å². The molecule has 0 spiro atoms. The summed E-state index contributed by atoms with van der Waals surface area (Å²) >= 11 is 1.79. The zero-order chi connectivity index (χ0) is 12.1. The number of aromatic nitrogens is 1. The lowest BCUT2D eigenvalue weighted by Crippen LogP contribution is -2.06. The average Bonchev–Trinajstić information content (AvgIpc) is 2.38. The Morgan fingerprint density at radius 1 is 1.18 bits per heavy atom. The van der Waals surface area contributed by atoms with Gasteiger partial charge in [0.2, 0.25) is 0 Å². The van der Waals surface area contributed by atoms with Crippen molar-refractivity contribution in [3.05, 3.63) is 59.9 Å². The van der Waals surface area contributed by atoms with Crippen molar-refractivity contribution in [2.45, 2.75) is 23.6 Å². The number of nitrogens with two attached hydrogens (primary N) is 1. The van der Waals surface area contributed by atoms with Crippen molar-refractivity contribution in [1.82, 2.24) is 4.98 Å². The zero-order valence-corrected chi connectivity index (χ0v) is 10.7. The van der Waals surface area contributed by atoms with Gasteiger partial charge in [-0.1, -0.05) is 30.3 Å². The summed E-state index contributed by atoms with van der Waals surface area (Å²) in [5.74, 6) is 0.972. The Morgan fingerprint density at radius 2 is 1.94 bits per heavy atom. The molecule has 0 unspecified atom stereocenters. The lowest BCUT2D eigenvalue weighted by atomic mass is 10.2. The van der Waals surface area contributed by atoms with Gasteiger partial charge in [-0.25, -0.2) is 0 Å². The van der Waals surface area contributed by atoms with Gasteiger partial charge in [-0.2, -0.15) is 0 Å². The lowest BCUT2D eigenvalue weighted by Gasteiger charge is -2.05. The van der Waals surface area contributed by atoms with Crippen molar-refractivity contribution in [2.75, 3.05) is 0 Å². The lowest BCUT2D eigenvalue weighted by molar-refractivity contribution is 0.777. The van der Waals surface area contributed by atoms with Crippen molar-refractivity contribution in [3.8, 4) is 0 Å². The second kappa shape index (κ2) is 5.84. The molecule has 3 heteroatoms. The molecule has 0 fully saturated rings. The fourth-order valence-electron chi connectivity index (χ4n) is 1.49. The van der Waals surface area contributed by atoms with E-state index in [1.165, 1.54) is 10.5 Å². The molecule has 2 nitrogen and oxygen atoms in total. The molecule has 88 valence electrons. The molecule has 2 aromatic rings. The molecule has 0 aliphatic heterocycles. The van der Waals surface area contributed by atoms with E-state index in [9.17, 15) is 0 Å². The summed E-state index contributed by atoms with van der Waals surface area (Å²) in [5, 5.41) is 0. The van der Waals surface area contributed by atoms with Gasteiger partial charge < -0.3 is 5.73 Å². The van der Waals surface area contributed by atoms with E-state index in [2.05, 4.69) is 35.3 Å². The fourth-order valence-corrected chi connectivity index (χ4v) is 2.30. The first kappa shape index (κ1) is 12.1. The summed E-state index contributed by atoms with van der Waals surface area (Å²) in [6.07, 6.45) is 1.90. The van der Waals surface area contributed by atoms with Crippen LogP contribution in [-0.2, 0) is 5.75 Å². The number of hydrogen-bond donors (Lipinski definition) is 1. The van der Waals surface area contributed by atoms with Gasteiger partial charge in [-0.05, 0) is 24.6 Å². The summed E-state index contributed by atoms with van der Waals surface area (Å²) in [6.45, 7) is 1.94. The molecule has 2 rings (SSSR count). The van der Waals surface area contributed by atoms with Gasteiger partial charge in [0.25, 0.3) is 0 Å². The quantitative estimate of drug-likeness (QED) is 0.838. The van der Waals surface area contributed by atoms with Gasteiger partial charge in [0.15, 0.2) is 0 Å². The highest BCUT2D eigenvalue weighted by Crippen LogP contribution is 2.22. The van der Waals surface area contributed by atoms with Crippen LogP contribution in [0.2, 0.25) is 0 Å². The minimum absolute atomic E-state index is 0.00294. The molecule has 0 bridgehead atoms. The van der Waals surface area contributed by atoms with Gasteiger partial charge in [-0.3, -0.25) is 4.98 Å². The third-order valence-electron chi connectivity index (χ3n) is 2.47. The minimum Gasteiger partial charge on any atom is -0.323 e. The van der Waals surface area contributed by atoms with Crippen molar-refractivity contribution in [3.63, 3.8) is 0 Å². The molecule has 0 radical (unpaired) electrons. The normalized spacial score (nSPS) is 12.4. The number of hydrogen-bond acceptors (Lipinski definition) is 3. The maximum absolute atomic E-state index is 5.76. The Bertz CT molecular complexity index is 451. The van der Waals surface area contributed by atoms with Crippen LogP contribution in [0.3, 0.4) is 0 Å². The smallest absolute Gasteiger partial charge is 0.0569 e. The molecule has 0 amide bonds. The molecule has 0 aliphatic carbocycles. The second-order valence-electron chi connectivity index (χ2n) is 3.98. The molecule has 1 atom stereocenters. The Labute approximate surface area is 106 Å².